The smallest absolute Gasteiger partial charge is 0.229 e. The Kier molecular flexibility index (Phi) is 7.08. The molecule has 0 aromatic heterocycles. The largest absolute Gasteiger partial charge is 0.354 e. The van der Waals surface area contributed by atoms with Crippen molar-refractivity contribution in [2.24, 2.45) is 10.4 Å². The molecule has 3 fully saturated rings. The number of likely N-dealkylation sites (tertiary alicyclic amines) is 1. The number of fused-ring (bicyclic) bond motifs is 2. The van der Waals surface area contributed by atoms with Gasteiger partial charge in [0.15, 0.2) is 0 Å². The molecule has 0 N–H and O–H groups in total. The summed E-state index contributed by atoms with van der Waals surface area (Å²) in [4.78, 5) is 39.5. The second-order valence-corrected chi connectivity index (χ2v) is 12.1. The molecule has 1 spiro atoms. The van der Waals surface area contributed by atoms with Crippen molar-refractivity contribution < 1.29 is 9.59 Å². The van der Waals surface area contributed by atoms with Crippen LogP contribution >= 0.6 is 11.8 Å². The molecule has 0 bridgehead atoms. The average Bonchev–Trinajstić information content (AvgIpc) is 3.27. The Morgan fingerprint density at radius 3 is 2.19 bits per heavy atom. The van der Waals surface area contributed by atoms with Crippen molar-refractivity contribution in [1.82, 2.24) is 14.7 Å². The zero-order valence-corrected chi connectivity index (χ0v) is 22.3. The lowest BCUT2D eigenvalue weighted by Gasteiger charge is -2.38. The van der Waals surface area contributed by atoms with Crippen molar-refractivity contribution in [2.45, 2.75) is 61.2 Å². The Morgan fingerprint density at radius 1 is 0.784 bits per heavy atom. The van der Waals surface area contributed by atoms with Gasteiger partial charge in [-0.15, -0.1) is 0 Å². The summed E-state index contributed by atoms with van der Waals surface area (Å²) in [5, 5.41) is 0. The number of hydrogen-bond acceptors (Lipinski definition) is 6. The topological polar surface area (TPSA) is 56.2 Å². The molecule has 1 saturated carbocycles. The molecule has 2 amide bonds. The second-order valence-electron chi connectivity index (χ2n) is 11.0. The van der Waals surface area contributed by atoms with Crippen LogP contribution in [0.5, 0.6) is 0 Å². The average molecular weight is 517 g/mol. The highest BCUT2D eigenvalue weighted by molar-refractivity contribution is 7.99. The number of carbonyl (C=O) groups excluding carboxylic acids is 2. The number of piperazine rings is 1. The number of aliphatic imine (C=N–C) groups is 1. The summed E-state index contributed by atoms with van der Waals surface area (Å²) in [6.45, 7) is 5.49. The number of piperidine rings is 1. The van der Waals surface area contributed by atoms with Crippen LogP contribution in [0.3, 0.4) is 0 Å². The van der Waals surface area contributed by atoms with Crippen molar-refractivity contribution in [2.75, 3.05) is 39.3 Å². The van der Waals surface area contributed by atoms with Gasteiger partial charge in [0, 0.05) is 60.9 Å². The van der Waals surface area contributed by atoms with E-state index in [1.165, 1.54) is 28.2 Å². The quantitative estimate of drug-likeness (QED) is 0.397. The first-order valence-corrected chi connectivity index (χ1v) is 14.7. The lowest BCUT2D eigenvalue weighted by Crippen LogP contribution is -2.49. The van der Waals surface area contributed by atoms with E-state index in [-0.39, 0.29) is 17.2 Å². The standard InChI is InChI=1S/C30H36N4O2S/c35-27-21-30(13-5-6-14-30)22-28(36)34(27)16-8-7-15-32-17-19-33(20-18-32)29-23-9-1-3-11-25(23)37-26-12-4-2-10-24(26)31-29/h1-4,9-12H,5-8,13-22H2. The van der Waals surface area contributed by atoms with Gasteiger partial charge in [-0.1, -0.05) is 54.9 Å². The Morgan fingerprint density at radius 2 is 1.43 bits per heavy atom. The molecule has 0 unspecified atom stereocenters. The molecule has 37 heavy (non-hydrogen) atoms. The Bertz CT molecular complexity index is 1180. The van der Waals surface area contributed by atoms with E-state index >= 15 is 0 Å². The number of amidine groups is 1. The van der Waals surface area contributed by atoms with E-state index in [2.05, 4.69) is 58.3 Å². The normalized spacial score (nSPS) is 21.6. The zero-order chi connectivity index (χ0) is 25.2. The van der Waals surface area contributed by atoms with Gasteiger partial charge in [-0.2, -0.15) is 0 Å². The highest BCUT2D eigenvalue weighted by Crippen LogP contribution is 2.47. The maximum atomic E-state index is 12.7. The van der Waals surface area contributed by atoms with Gasteiger partial charge in [-0.3, -0.25) is 19.4 Å². The van der Waals surface area contributed by atoms with E-state index in [0.29, 0.717) is 19.4 Å². The van der Waals surface area contributed by atoms with Crippen molar-refractivity contribution in [1.29, 1.82) is 0 Å². The molecule has 6 rings (SSSR count). The van der Waals surface area contributed by atoms with Gasteiger partial charge in [0.1, 0.15) is 5.84 Å². The van der Waals surface area contributed by atoms with Crippen LogP contribution in [0.1, 0.15) is 56.9 Å². The molecule has 2 saturated heterocycles. The van der Waals surface area contributed by atoms with Crippen molar-refractivity contribution >= 4 is 35.1 Å². The fourth-order valence-electron chi connectivity index (χ4n) is 6.46. The summed E-state index contributed by atoms with van der Waals surface area (Å²) in [6, 6.07) is 17.0. The molecule has 3 aliphatic heterocycles. The number of unbranched alkanes of at least 4 members (excludes halogenated alkanes) is 1. The second kappa shape index (κ2) is 10.6. The predicted molar refractivity (Wildman–Crippen MR) is 147 cm³/mol. The molecule has 7 heteroatoms. The van der Waals surface area contributed by atoms with Crippen LogP contribution in [0.2, 0.25) is 0 Å². The van der Waals surface area contributed by atoms with E-state index in [0.717, 1.165) is 69.9 Å². The van der Waals surface area contributed by atoms with E-state index < -0.39 is 0 Å². The minimum absolute atomic E-state index is 0.00668. The van der Waals surface area contributed by atoms with Crippen LogP contribution in [0, 0.1) is 5.41 Å². The van der Waals surface area contributed by atoms with Crippen LogP contribution in [-0.2, 0) is 9.59 Å². The van der Waals surface area contributed by atoms with Crippen molar-refractivity contribution in [3.63, 3.8) is 0 Å². The monoisotopic (exact) mass is 516 g/mol. The molecular formula is C30H36N4O2S. The van der Waals surface area contributed by atoms with E-state index in [9.17, 15) is 9.59 Å². The van der Waals surface area contributed by atoms with Crippen LogP contribution in [-0.4, -0.2) is 71.6 Å². The summed E-state index contributed by atoms with van der Waals surface area (Å²) >= 11 is 1.80. The number of imide groups is 1. The number of amides is 2. The van der Waals surface area contributed by atoms with Gasteiger partial charge in [0.25, 0.3) is 0 Å². The van der Waals surface area contributed by atoms with Gasteiger partial charge in [0.05, 0.1) is 5.69 Å². The molecule has 0 radical (unpaired) electrons. The fourth-order valence-corrected chi connectivity index (χ4v) is 7.48. The first-order chi connectivity index (χ1) is 18.1. The fraction of sp³-hybridized carbons (Fsp3) is 0.500. The van der Waals surface area contributed by atoms with Gasteiger partial charge in [0.2, 0.25) is 11.8 Å². The molecule has 2 aromatic carbocycles. The maximum Gasteiger partial charge on any atom is 0.229 e. The van der Waals surface area contributed by atoms with Gasteiger partial charge >= 0.3 is 0 Å². The van der Waals surface area contributed by atoms with Crippen LogP contribution in [0.4, 0.5) is 5.69 Å². The molecule has 3 heterocycles. The number of rotatable bonds is 5. The van der Waals surface area contributed by atoms with Gasteiger partial charge in [-0.05, 0) is 55.8 Å². The number of para-hydroxylation sites is 1. The van der Waals surface area contributed by atoms with E-state index in [1.807, 2.05) is 0 Å². The van der Waals surface area contributed by atoms with E-state index in [4.69, 9.17) is 4.99 Å². The lowest BCUT2D eigenvalue weighted by atomic mass is 9.76. The highest BCUT2D eigenvalue weighted by Gasteiger charge is 2.44. The minimum atomic E-state index is -0.00668. The number of nitrogens with zero attached hydrogens (tertiary/aromatic N) is 4. The minimum Gasteiger partial charge on any atom is -0.354 e. The van der Waals surface area contributed by atoms with Crippen LogP contribution in [0.15, 0.2) is 63.3 Å². The summed E-state index contributed by atoms with van der Waals surface area (Å²) in [5.41, 5.74) is 2.25. The third kappa shape index (κ3) is 5.21. The van der Waals surface area contributed by atoms with Crippen molar-refractivity contribution in [3.8, 4) is 0 Å². The molecule has 4 aliphatic rings. The molecular weight excluding hydrogens is 480 g/mol. The molecule has 0 atom stereocenters. The number of benzene rings is 2. The number of carbonyl (C=O) groups is 2. The molecule has 1 aliphatic carbocycles. The molecule has 194 valence electrons. The SMILES string of the molecule is O=C1CC2(CCCC2)CC(=O)N1CCCCN1CCN(C2=Nc3ccccc3Sc3ccccc32)CC1. The summed E-state index contributed by atoms with van der Waals surface area (Å²) < 4.78 is 0. The first-order valence-electron chi connectivity index (χ1n) is 13.9. The summed E-state index contributed by atoms with van der Waals surface area (Å²) in [5.74, 6) is 1.21. The Hall–Kier alpha value is -2.64. The Labute approximate surface area is 224 Å². The number of hydrogen-bond donors (Lipinski definition) is 0. The highest BCUT2D eigenvalue weighted by atomic mass is 32.2. The van der Waals surface area contributed by atoms with Crippen LogP contribution < -0.4 is 0 Å². The maximum absolute atomic E-state index is 12.7. The van der Waals surface area contributed by atoms with Gasteiger partial charge in [-0.25, -0.2) is 4.99 Å². The zero-order valence-electron chi connectivity index (χ0n) is 21.5. The third-order valence-corrected chi connectivity index (χ3v) is 9.68. The molecule has 6 nitrogen and oxygen atoms in total. The first kappa shape index (κ1) is 24.7. The lowest BCUT2D eigenvalue weighted by molar-refractivity contribution is -0.153. The molecule has 2 aromatic rings. The van der Waals surface area contributed by atoms with Crippen molar-refractivity contribution in [3.05, 3.63) is 54.1 Å². The third-order valence-electron chi connectivity index (χ3n) is 8.54. The summed E-state index contributed by atoms with van der Waals surface area (Å²) in [7, 11) is 0. The summed E-state index contributed by atoms with van der Waals surface area (Å²) in [6.07, 6.45) is 7.49. The Balaban J connectivity index is 1.01. The van der Waals surface area contributed by atoms with Gasteiger partial charge < -0.3 is 4.90 Å². The predicted octanol–water partition coefficient (Wildman–Crippen LogP) is 5.34. The van der Waals surface area contributed by atoms with Crippen LogP contribution in [0.25, 0.3) is 0 Å². The van der Waals surface area contributed by atoms with E-state index in [1.54, 1.807) is 16.7 Å².